The third-order valence-corrected chi connectivity index (χ3v) is 4.83. The normalized spacial score (nSPS) is 10.8. The van der Waals surface area contributed by atoms with E-state index in [2.05, 4.69) is 11.4 Å². The van der Waals surface area contributed by atoms with Gasteiger partial charge in [0.1, 0.15) is 17.3 Å². The van der Waals surface area contributed by atoms with Gasteiger partial charge in [0, 0.05) is 17.5 Å². The average Bonchev–Trinajstić information content (AvgIpc) is 3.36. The van der Waals surface area contributed by atoms with E-state index in [1.54, 1.807) is 50.0 Å². The van der Waals surface area contributed by atoms with E-state index in [1.165, 1.54) is 4.88 Å². The zero-order chi connectivity index (χ0) is 19.1. The minimum Gasteiger partial charge on any atom is -0.497 e. The first kappa shape index (κ1) is 19.0. The molecule has 0 saturated carbocycles. The lowest BCUT2D eigenvalue weighted by Gasteiger charge is -2.20. The van der Waals surface area contributed by atoms with Gasteiger partial charge < -0.3 is 19.2 Å². The summed E-state index contributed by atoms with van der Waals surface area (Å²) in [5.41, 5.74) is 0.609. The molecule has 0 unspecified atom stereocenters. The number of rotatable bonds is 9. The van der Waals surface area contributed by atoms with Crippen molar-refractivity contribution >= 4 is 22.9 Å². The van der Waals surface area contributed by atoms with Gasteiger partial charge in [-0.25, -0.2) is 0 Å². The fraction of sp³-hybridized carbons (Fsp3) is 0.250. The SMILES string of the molecule is COc1ccc(NC(=O)CN(Cc2ccco2)Cc2cccs2)c(OC)c1. The van der Waals surface area contributed by atoms with Crippen LogP contribution < -0.4 is 14.8 Å². The van der Waals surface area contributed by atoms with Crippen LogP contribution in [0.5, 0.6) is 11.5 Å². The van der Waals surface area contributed by atoms with Crippen LogP contribution in [0.25, 0.3) is 0 Å². The standard InChI is InChI=1S/C20H22N2O4S/c1-24-15-7-8-18(19(11-15)25-2)21-20(23)14-22(12-16-5-3-9-26-16)13-17-6-4-10-27-17/h3-11H,12-14H2,1-2H3,(H,21,23). The predicted molar refractivity (Wildman–Crippen MR) is 105 cm³/mol. The third kappa shape index (κ3) is 5.35. The third-order valence-electron chi connectivity index (χ3n) is 3.97. The molecule has 6 nitrogen and oxygen atoms in total. The summed E-state index contributed by atoms with van der Waals surface area (Å²) in [6.45, 7) is 1.46. The Kier molecular flexibility index (Phi) is 6.51. The van der Waals surface area contributed by atoms with E-state index in [0.29, 0.717) is 30.3 Å². The van der Waals surface area contributed by atoms with Crippen LogP contribution in [0.1, 0.15) is 10.6 Å². The highest BCUT2D eigenvalue weighted by atomic mass is 32.1. The van der Waals surface area contributed by atoms with Crippen LogP contribution in [0.3, 0.4) is 0 Å². The van der Waals surface area contributed by atoms with Crippen molar-refractivity contribution in [3.63, 3.8) is 0 Å². The summed E-state index contributed by atoms with van der Waals surface area (Å²) in [5.74, 6) is 1.92. The number of nitrogens with zero attached hydrogens (tertiary/aromatic N) is 1. The molecule has 0 aliphatic carbocycles. The van der Waals surface area contributed by atoms with Gasteiger partial charge in [-0.2, -0.15) is 0 Å². The molecule has 27 heavy (non-hydrogen) atoms. The molecule has 142 valence electrons. The van der Waals surface area contributed by atoms with E-state index in [9.17, 15) is 4.79 Å². The van der Waals surface area contributed by atoms with Gasteiger partial charge in [-0.1, -0.05) is 6.07 Å². The molecule has 0 spiro atoms. The minimum absolute atomic E-state index is 0.124. The second-order valence-corrected chi connectivity index (χ2v) is 6.95. The number of hydrogen-bond donors (Lipinski definition) is 1. The van der Waals surface area contributed by atoms with E-state index in [-0.39, 0.29) is 12.5 Å². The maximum Gasteiger partial charge on any atom is 0.238 e. The van der Waals surface area contributed by atoms with Gasteiger partial charge in [-0.15, -0.1) is 11.3 Å². The Balaban J connectivity index is 1.68. The van der Waals surface area contributed by atoms with Gasteiger partial charge in [0.05, 0.1) is 39.3 Å². The molecule has 7 heteroatoms. The van der Waals surface area contributed by atoms with Crippen molar-refractivity contribution in [3.8, 4) is 11.5 Å². The molecule has 0 aliphatic heterocycles. The molecule has 2 heterocycles. The molecule has 2 aromatic heterocycles. The van der Waals surface area contributed by atoms with Crippen molar-refractivity contribution < 1.29 is 18.7 Å². The number of anilines is 1. The van der Waals surface area contributed by atoms with Crippen LogP contribution in [0, 0.1) is 0 Å². The van der Waals surface area contributed by atoms with Crippen LogP contribution in [-0.2, 0) is 17.9 Å². The number of nitrogens with one attached hydrogen (secondary N) is 1. The smallest absolute Gasteiger partial charge is 0.238 e. The first-order chi connectivity index (χ1) is 13.2. The van der Waals surface area contributed by atoms with Crippen molar-refractivity contribution in [2.45, 2.75) is 13.1 Å². The number of benzene rings is 1. The molecule has 0 fully saturated rings. The Morgan fingerprint density at radius 1 is 1.15 bits per heavy atom. The first-order valence-corrected chi connectivity index (χ1v) is 9.35. The number of thiophene rings is 1. The van der Waals surface area contributed by atoms with Gasteiger partial charge in [0.25, 0.3) is 0 Å². The summed E-state index contributed by atoms with van der Waals surface area (Å²) in [6.07, 6.45) is 1.64. The average molecular weight is 386 g/mol. The summed E-state index contributed by atoms with van der Waals surface area (Å²) in [7, 11) is 3.15. The Labute approximate surface area is 162 Å². The highest BCUT2D eigenvalue weighted by molar-refractivity contribution is 7.09. The maximum atomic E-state index is 12.6. The summed E-state index contributed by atoms with van der Waals surface area (Å²) in [5, 5.41) is 4.94. The summed E-state index contributed by atoms with van der Waals surface area (Å²) < 4.78 is 16.0. The molecule has 1 amide bonds. The molecule has 0 aliphatic rings. The van der Waals surface area contributed by atoms with Gasteiger partial charge in [0.2, 0.25) is 5.91 Å². The van der Waals surface area contributed by atoms with Crippen molar-refractivity contribution in [3.05, 3.63) is 64.7 Å². The van der Waals surface area contributed by atoms with Crippen molar-refractivity contribution in [2.75, 3.05) is 26.1 Å². The quantitative estimate of drug-likeness (QED) is 0.602. The number of furan rings is 1. The van der Waals surface area contributed by atoms with Crippen LogP contribution in [-0.4, -0.2) is 31.6 Å². The van der Waals surface area contributed by atoms with Crippen molar-refractivity contribution in [2.24, 2.45) is 0 Å². The summed E-state index contributed by atoms with van der Waals surface area (Å²) in [6, 6.07) is 13.1. The molecule has 3 rings (SSSR count). The van der Waals surface area contributed by atoms with Gasteiger partial charge in [-0.3, -0.25) is 9.69 Å². The second kappa shape index (κ2) is 9.25. The highest BCUT2D eigenvalue weighted by Gasteiger charge is 2.16. The molecule has 0 saturated heterocycles. The van der Waals surface area contributed by atoms with Crippen molar-refractivity contribution in [1.82, 2.24) is 4.90 Å². The van der Waals surface area contributed by atoms with Gasteiger partial charge in [0.15, 0.2) is 0 Å². The molecule has 0 radical (unpaired) electrons. The van der Waals surface area contributed by atoms with E-state index in [4.69, 9.17) is 13.9 Å². The highest BCUT2D eigenvalue weighted by Crippen LogP contribution is 2.29. The number of methoxy groups -OCH3 is 2. The van der Waals surface area contributed by atoms with Gasteiger partial charge >= 0.3 is 0 Å². The topological polar surface area (TPSA) is 63.9 Å². The molecular weight excluding hydrogens is 364 g/mol. The lowest BCUT2D eigenvalue weighted by atomic mass is 10.2. The number of carbonyl (C=O) groups is 1. The maximum absolute atomic E-state index is 12.6. The van der Waals surface area contributed by atoms with Crippen LogP contribution in [0.4, 0.5) is 5.69 Å². The van der Waals surface area contributed by atoms with Crippen LogP contribution >= 0.6 is 11.3 Å². The number of amides is 1. The fourth-order valence-electron chi connectivity index (χ4n) is 2.71. The van der Waals surface area contributed by atoms with Crippen molar-refractivity contribution in [1.29, 1.82) is 0 Å². The summed E-state index contributed by atoms with van der Waals surface area (Å²) in [4.78, 5) is 15.9. The number of carbonyl (C=O) groups excluding carboxylic acids is 1. The lowest BCUT2D eigenvalue weighted by Crippen LogP contribution is -2.32. The first-order valence-electron chi connectivity index (χ1n) is 8.47. The van der Waals surface area contributed by atoms with E-state index >= 15 is 0 Å². The Bertz CT molecular complexity index is 811. The molecular formula is C20H22N2O4S. The Morgan fingerprint density at radius 2 is 2.04 bits per heavy atom. The van der Waals surface area contributed by atoms with Crippen LogP contribution in [0.2, 0.25) is 0 Å². The molecule has 0 atom stereocenters. The minimum atomic E-state index is -0.124. The largest absolute Gasteiger partial charge is 0.497 e. The molecule has 0 bridgehead atoms. The zero-order valence-electron chi connectivity index (χ0n) is 15.3. The van der Waals surface area contributed by atoms with E-state index in [0.717, 1.165) is 5.76 Å². The Morgan fingerprint density at radius 3 is 2.70 bits per heavy atom. The molecule has 3 aromatic rings. The monoisotopic (exact) mass is 386 g/mol. The fourth-order valence-corrected chi connectivity index (χ4v) is 3.45. The summed E-state index contributed by atoms with van der Waals surface area (Å²) >= 11 is 1.67. The molecule has 1 aromatic carbocycles. The predicted octanol–water partition coefficient (Wildman–Crippen LogP) is 4.00. The number of ether oxygens (including phenoxy) is 2. The Hall–Kier alpha value is -2.77. The number of hydrogen-bond acceptors (Lipinski definition) is 6. The second-order valence-electron chi connectivity index (χ2n) is 5.92. The van der Waals surface area contributed by atoms with Gasteiger partial charge in [-0.05, 0) is 35.7 Å². The van der Waals surface area contributed by atoms with E-state index < -0.39 is 0 Å². The van der Waals surface area contributed by atoms with Crippen LogP contribution in [0.15, 0.2) is 58.5 Å². The lowest BCUT2D eigenvalue weighted by molar-refractivity contribution is -0.117. The van der Waals surface area contributed by atoms with E-state index in [1.807, 2.05) is 28.5 Å². The molecule has 1 N–H and O–H groups in total. The zero-order valence-corrected chi connectivity index (χ0v) is 16.1.